The molecule has 0 spiro atoms. The molecule has 3 aromatic rings. The molecule has 2 aromatic carbocycles. The molecule has 0 aliphatic heterocycles. The van der Waals surface area contributed by atoms with Crippen LogP contribution in [0.4, 0.5) is 11.4 Å². The molecule has 1 amide bonds. The van der Waals surface area contributed by atoms with Crippen LogP contribution >= 0.6 is 15.9 Å². The van der Waals surface area contributed by atoms with E-state index in [4.69, 9.17) is 0 Å². The molecule has 138 valence electrons. The molecule has 3 rings (SSSR count). The van der Waals surface area contributed by atoms with Gasteiger partial charge in [0.1, 0.15) is 5.69 Å². The van der Waals surface area contributed by atoms with Crippen molar-refractivity contribution in [2.45, 2.75) is 11.8 Å². The van der Waals surface area contributed by atoms with E-state index >= 15 is 0 Å². The zero-order valence-corrected chi connectivity index (χ0v) is 16.6. The van der Waals surface area contributed by atoms with Gasteiger partial charge in [-0.15, -0.1) is 0 Å². The van der Waals surface area contributed by atoms with Gasteiger partial charge in [0.05, 0.1) is 11.1 Å². The minimum atomic E-state index is -3.82. The Kier molecular flexibility index (Phi) is 5.52. The lowest BCUT2D eigenvalue weighted by Crippen LogP contribution is -2.17. The van der Waals surface area contributed by atoms with E-state index in [0.717, 1.165) is 4.47 Å². The molecule has 9 heteroatoms. The molecule has 27 heavy (non-hydrogen) atoms. The van der Waals surface area contributed by atoms with Crippen molar-refractivity contribution in [1.29, 1.82) is 0 Å². The lowest BCUT2D eigenvalue weighted by molar-refractivity contribution is 0.102. The first-order valence-electron chi connectivity index (χ1n) is 7.81. The number of hydrogen-bond acceptors (Lipinski definition) is 5. The van der Waals surface area contributed by atoms with Crippen LogP contribution in [-0.4, -0.2) is 24.3 Å². The van der Waals surface area contributed by atoms with Crippen LogP contribution in [0.5, 0.6) is 0 Å². The molecule has 1 heterocycles. The lowest BCUT2D eigenvalue weighted by Gasteiger charge is -2.12. The third kappa shape index (κ3) is 4.69. The van der Waals surface area contributed by atoms with Crippen LogP contribution in [-0.2, 0) is 10.0 Å². The first kappa shape index (κ1) is 19.0. The Morgan fingerprint density at radius 1 is 1.04 bits per heavy atom. The quantitative estimate of drug-likeness (QED) is 0.623. The lowest BCUT2D eigenvalue weighted by atomic mass is 10.2. The van der Waals surface area contributed by atoms with Crippen molar-refractivity contribution in [3.05, 3.63) is 76.8 Å². The van der Waals surface area contributed by atoms with Gasteiger partial charge >= 0.3 is 0 Å². The third-order valence-electron chi connectivity index (χ3n) is 3.63. The number of carbonyl (C=O) groups excluding carboxylic acids is 1. The summed E-state index contributed by atoms with van der Waals surface area (Å²) < 4.78 is 28.9. The maximum atomic E-state index is 12.8. The number of aromatic nitrogens is 2. The zero-order chi connectivity index (χ0) is 19.4. The second-order valence-corrected chi connectivity index (χ2v) is 8.20. The summed E-state index contributed by atoms with van der Waals surface area (Å²) in [6, 6.07) is 11.4. The van der Waals surface area contributed by atoms with Crippen molar-refractivity contribution in [3.8, 4) is 0 Å². The van der Waals surface area contributed by atoms with E-state index in [1.807, 2.05) is 0 Å². The summed E-state index contributed by atoms with van der Waals surface area (Å²) in [7, 11) is -3.82. The highest BCUT2D eigenvalue weighted by Gasteiger charge is 2.18. The van der Waals surface area contributed by atoms with Crippen molar-refractivity contribution in [3.63, 3.8) is 0 Å². The maximum Gasteiger partial charge on any atom is 0.275 e. The fourth-order valence-electron chi connectivity index (χ4n) is 2.31. The van der Waals surface area contributed by atoms with Crippen LogP contribution in [0.1, 0.15) is 16.1 Å². The molecule has 0 aliphatic carbocycles. The van der Waals surface area contributed by atoms with Gasteiger partial charge in [0.25, 0.3) is 15.9 Å². The number of amides is 1. The Morgan fingerprint density at radius 3 is 2.41 bits per heavy atom. The molecule has 0 aliphatic rings. The van der Waals surface area contributed by atoms with Crippen LogP contribution in [0.2, 0.25) is 0 Å². The minimum Gasteiger partial charge on any atom is -0.321 e. The molecule has 0 radical (unpaired) electrons. The highest BCUT2D eigenvalue weighted by molar-refractivity contribution is 9.10. The number of nitrogens with one attached hydrogen (secondary N) is 2. The van der Waals surface area contributed by atoms with Gasteiger partial charge in [0, 0.05) is 28.2 Å². The molecule has 7 nitrogen and oxygen atoms in total. The van der Waals surface area contributed by atoms with Gasteiger partial charge in [-0.25, -0.2) is 13.4 Å². The molecule has 2 N–H and O–H groups in total. The highest BCUT2D eigenvalue weighted by Crippen LogP contribution is 2.24. The smallest absolute Gasteiger partial charge is 0.275 e. The van der Waals surface area contributed by atoms with Gasteiger partial charge in [0.2, 0.25) is 0 Å². The molecule has 0 bridgehead atoms. The molecular formula is C18H15BrN4O3S. The maximum absolute atomic E-state index is 12.8. The van der Waals surface area contributed by atoms with Crippen LogP contribution in [0, 0.1) is 6.92 Å². The number of aryl methyl sites for hydroxylation is 1. The van der Waals surface area contributed by atoms with E-state index in [-0.39, 0.29) is 10.6 Å². The van der Waals surface area contributed by atoms with Gasteiger partial charge < -0.3 is 5.32 Å². The van der Waals surface area contributed by atoms with E-state index in [2.05, 4.69) is 35.9 Å². The second kappa shape index (κ2) is 7.85. The summed E-state index contributed by atoms with van der Waals surface area (Å²) in [5.74, 6) is -0.476. The summed E-state index contributed by atoms with van der Waals surface area (Å²) >= 11 is 3.31. The zero-order valence-electron chi connectivity index (χ0n) is 14.2. The first-order valence-corrected chi connectivity index (χ1v) is 10.1. The minimum absolute atomic E-state index is 0.0716. The predicted octanol–water partition coefficient (Wildman–Crippen LogP) is 3.60. The molecule has 0 saturated heterocycles. The topological polar surface area (TPSA) is 101 Å². The van der Waals surface area contributed by atoms with Crippen molar-refractivity contribution in [2.75, 3.05) is 10.0 Å². The average molecular weight is 447 g/mol. The normalized spacial score (nSPS) is 11.0. The summed E-state index contributed by atoms with van der Waals surface area (Å²) in [5.41, 5.74) is 1.46. The number of benzene rings is 2. The average Bonchev–Trinajstić information content (AvgIpc) is 2.65. The summed E-state index contributed by atoms with van der Waals surface area (Å²) in [6.45, 7) is 1.68. The van der Waals surface area contributed by atoms with E-state index in [1.54, 1.807) is 43.3 Å². The van der Waals surface area contributed by atoms with E-state index in [9.17, 15) is 13.2 Å². The van der Waals surface area contributed by atoms with Gasteiger partial charge in [-0.2, -0.15) is 0 Å². The molecule has 0 unspecified atom stereocenters. The van der Waals surface area contributed by atoms with Crippen molar-refractivity contribution >= 4 is 43.2 Å². The summed E-state index contributed by atoms with van der Waals surface area (Å²) in [5, 5.41) is 2.63. The SMILES string of the molecule is Cc1ccc(NC(=O)c2cnccn2)cc1S(=O)(=O)Nc1ccc(Br)cc1. The highest BCUT2D eigenvalue weighted by atomic mass is 79.9. The van der Waals surface area contributed by atoms with Crippen LogP contribution in [0.3, 0.4) is 0 Å². The fourth-order valence-corrected chi connectivity index (χ4v) is 3.90. The Hall–Kier alpha value is -2.78. The molecular weight excluding hydrogens is 432 g/mol. The summed E-state index contributed by atoms with van der Waals surface area (Å²) in [4.78, 5) is 20.0. The Morgan fingerprint density at radius 2 is 1.74 bits per heavy atom. The number of carbonyl (C=O) groups is 1. The number of sulfonamides is 1. The van der Waals surface area contributed by atoms with Crippen molar-refractivity contribution in [2.24, 2.45) is 0 Å². The van der Waals surface area contributed by atoms with Gasteiger partial charge in [-0.3, -0.25) is 14.5 Å². The van der Waals surface area contributed by atoms with Gasteiger partial charge in [0.15, 0.2) is 0 Å². The first-order chi connectivity index (χ1) is 12.8. The van der Waals surface area contributed by atoms with E-state index < -0.39 is 15.9 Å². The Labute approximate surface area is 165 Å². The Bertz CT molecular complexity index is 1070. The van der Waals surface area contributed by atoms with Gasteiger partial charge in [-0.05, 0) is 48.9 Å². The Balaban J connectivity index is 1.86. The van der Waals surface area contributed by atoms with Crippen LogP contribution in [0.15, 0.2) is 70.4 Å². The molecule has 0 atom stereocenters. The molecule has 0 fully saturated rings. The number of nitrogens with zero attached hydrogens (tertiary/aromatic N) is 2. The van der Waals surface area contributed by atoms with E-state index in [0.29, 0.717) is 16.9 Å². The molecule has 0 saturated carbocycles. The number of anilines is 2. The monoisotopic (exact) mass is 446 g/mol. The van der Waals surface area contributed by atoms with Crippen LogP contribution < -0.4 is 10.0 Å². The predicted molar refractivity (Wildman–Crippen MR) is 106 cm³/mol. The largest absolute Gasteiger partial charge is 0.321 e. The standard InChI is InChI=1S/C18H15BrN4O3S/c1-12-2-5-15(22-18(24)16-11-20-8-9-21-16)10-17(12)27(25,26)23-14-6-3-13(19)4-7-14/h2-11,23H,1H3,(H,22,24). The van der Waals surface area contributed by atoms with Crippen molar-refractivity contribution < 1.29 is 13.2 Å². The number of rotatable bonds is 5. The fraction of sp³-hybridized carbons (Fsp3) is 0.0556. The van der Waals surface area contributed by atoms with Crippen LogP contribution in [0.25, 0.3) is 0 Å². The van der Waals surface area contributed by atoms with Crippen molar-refractivity contribution in [1.82, 2.24) is 9.97 Å². The third-order valence-corrected chi connectivity index (χ3v) is 5.68. The van der Waals surface area contributed by atoms with Gasteiger partial charge in [-0.1, -0.05) is 22.0 Å². The summed E-state index contributed by atoms with van der Waals surface area (Å²) in [6.07, 6.45) is 4.19. The van der Waals surface area contributed by atoms with E-state index in [1.165, 1.54) is 24.7 Å². The number of hydrogen-bond donors (Lipinski definition) is 2. The second-order valence-electron chi connectivity index (χ2n) is 5.64. The number of halogens is 1. The molecule has 1 aromatic heterocycles.